The van der Waals surface area contributed by atoms with E-state index in [2.05, 4.69) is 28.1 Å². The van der Waals surface area contributed by atoms with Gasteiger partial charge in [0, 0.05) is 23.1 Å². The van der Waals surface area contributed by atoms with Gasteiger partial charge < -0.3 is 14.5 Å². The van der Waals surface area contributed by atoms with Crippen molar-refractivity contribution in [3.63, 3.8) is 0 Å². The molecule has 0 saturated heterocycles. The van der Waals surface area contributed by atoms with Gasteiger partial charge in [-0.05, 0) is 47.9 Å². The number of benzene rings is 2. The minimum absolute atomic E-state index is 0.0144. The Kier molecular flexibility index (Phi) is 4.26. The lowest BCUT2D eigenvalue weighted by molar-refractivity contribution is 0.179. The summed E-state index contributed by atoms with van der Waals surface area (Å²) in [5.74, 6) is 1.15. The summed E-state index contributed by atoms with van der Waals surface area (Å²) in [6, 6.07) is 18.8. The van der Waals surface area contributed by atoms with Gasteiger partial charge in [0.15, 0.2) is 0 Å². The second-order valence-electron chi connectivity index (χ2n) is 7.26. The summed E-state index contributed by atoms with van der Waals surface area (Å²) in [6.07, 6.45) is 0.935. The van der Waals surface area contributed by atoms with Crippen LogP contribution in [0.3, 0.4) is 0 Å². The average molecular weight is 376 g/mol. The number of aliphatic hydroxyl groups is 1. The summed E-state index contributed by atoms with van der Waals surface area (Å²) < 4.78 is 19.3. The molecule has 0 radical (unpaired) electrons. The molecule has 4 nitrogen and oxygen atoms in total. The van der Waals surface area contributed by atoms with Crippen molar-refractivity contribution in [3.05, 3.63) is 94.8 Å². The maximum absolute atomic E-state index is 13.5. The maximum Gasteiger partial charge on any atom is 0.129 e. The van der Waals surface area contributed by atoms with Crippen molar-refractivity contribution in [3.8, 4) is 0 Å². The van der Waals surface area contributed by atoms with Gasteiger partial charge >= 0.3 is 0 Å². The van der Waals surface area contributed by atoms with Crippen LogP contribution in [-0.4, -0.2) is 21.5 Å². The topological polar surface area (TPSA) is 52.4 Å². The van der Waals surface area contributed by atoms with Gasteiger partial charge in [-0.3, -0.25) is 4.90 Å². The Balaban J connectivity index is 1.59. The molecular formula is C23H21FN2O2. The van der Waals surface area contributed by atoms with Crippen LogP contribution in [0.2, 0.25) is 0 Å². The number of rotatable bonds is 4. The van der Waals surface area contributed by atoms with Gasteiger partial charge in [-0.15, -0.1) is 0 Å². The molecule has 2 aromatic carbocycles. The molecule has 1 aliphatic rings. The number of para-hydroxylation sites is 1. The quantitative estimate of drug-likeness (QED) is 0.550. The zero-order valence-corrected chi connectivity index (χ0v) is 15.4. The summed E-state index contributed by atoms with van der Waals surface area (Å²) in [4.78, 5) is 5.94. The normalized spacial score (nSPS) is 17.1. The van der Waals surface area contributed by atoms with Gasteiger partial charge in [-0.1, -0.05) is 30.3 Å². The third-order valence-electron chi connectivity index (χ3n) is 5.55. The number of hydrogen-bond donors (Lipinski definition) is 2. The number of hydrogen-bond acceptors (Lipinski definition) is 3. The minimum Gasteiger partial charge on any atom is -0.462 e. The molecule has 0 bridgehead atoms. The van der Waals surface area contributed by atoms with Crippen molar-refractivity contribution >= 4 is 10.9 Å². The van der Waals surface area contributed by atoms with Gasteiger partial charge in [0.05, 0.1) is 12.6 Å². The van der Waals surface area contributed by atoms with E-state index in [1.807, 2.05) is 24.3 Å². The predicted molar refractivity (Wildman–Crippen MR) is 105 cm³/mol. The molecule has 0 aliphatic carbocycles. The molecule has 0 unspecified atom stereocenters. The number of aliphatic hydroxyl groups excluding tert-OH is 1. The molecular weight excluding hydrogens is 355 g/mol. The Hall–Kier alpha value is -2.89. The van der Waals surface area contributed by atoms with Crippen molar-refractivity contribution in [1.82, 2.24) is 9.88 Å². The molecule has 1 aliphatic heterocycles. The van der Waals surface area contributed by atoms with E-state index in [-0.39, 0.29) is 18.5 Å². The smallest absolute Gasteiger partial charge is 0.129 e. The van der Waals surface area contributed by atoms with Crippen molar-refractivity contribution in [1.29, 1.82) is 0 Å². The molecule has 5 heteroatoms. The van der Waals surface area contributed by atoms with Crippen LogP contribution in [0.5, 0.6) is 0 Å². The number of nitrogens with one attached hydrogen (secondary N) is 1. The molecule has 5 rings (SSSR count). The molecule has 1 atom stereocenters. The molecule has 2 aromatic heterocycles. The van der Waals surface area contributed by atoms with Crippen LogP contribution in [0.1, 0.15) is 34.4 Å². The average Bonchev–Trinajstić information content (AvgIpc) is 3.33. The van der Waals surface area contributed by atoms with E-state index in [0.29, 0.717) is 12.3 Å². The van der Waals surface area contributed by atoms with Gasteiger partial charge in [0.2, 0.25) is 0 Å². The van der Waals surface area contributed by atoms with Crippen LogP contribution >= 0.6 is 0 Å². The Labute approximate surface area is 162 Å². The third-order valence-corrected chi connectivity index (χ3v) is 5.55. The maximum atomic E-state index is 13.5. The molecule has 3 heterocycles. The summed E-state index contributed by atoms with van der Waals surface area (Å²) >= 11 is 0. The summed E-state index contributed by atoms with van der Waals surface area (Å²) in [5.41, 5.74) is 4.66. The molecule has 4 aromatic rings. The van der Waals surface area contributed by atoms with E-state index in [9.17, 15) is 9.50 Å². The fourth-order valence-corrected chi connectivity index (χ4v) is 4.28. The van der Waals surface area contributed by atoms with E-state index >= 15 is 0 Å². The van der Waals surface area contributed by atoms with Crippen molar-refractivity contribution in [2.75, 3.05) is 6.54 Å². The molecule has 142 valence electrons. The van der Waals surface area contributed by atoms with E-state index in [1.165, 1.54) is 23.1 Å². The van der Waals surface area contributed by atoms with Gasteiger partial charge in [-0.25, -0.2) is 4.39 Å². The Morgan fingerprint density at radius 2 is 1.82 bits per heavy atom. The number of aromatic amines is 1. The second kappa shape index (κ2) is 6.93. The highest BCUT2D eigenvalue weighted by Gasteiger charge is 2.32. The van der Waals surface area contributed by atoms with Crippen molar-refractivity contribution < 1.29 is 13.9 Å². The van der Waals surface area contributed by atoms with Gasteiger partial charge in [-0.2, -0.15) is 0 Å². The lowest BCUT2D eigenvalue weighted by Crippen LogP contribution is -2.35. The number of halogens is 1. The highest BCUT2D eigenvalue weighted by Crippen LogP contribution is 2.39. The zero-order chi connectivity index (χ0) is 19.1. The first-order valence-corrected chi connectivity index (χ1v) is 9.50. The fourth-order valence-electron chi connectivity index (χ4n) is 4.28. The third kappa shape index (κ3) is 2.93. The van der Waals surface area contributed by atoms with E-state index in [1.54, 1.807) is 6.07 Å². The molecule has 0 saturated carbocycles. The van der Waals surface area contributed by atoms with E-state index in [0.717, 1.165) is 35.5 Å². The molecule has 2 N–H and O–H groups in total. The van der Waals surface area contributed by atoms with Crippen LogP contribution in [0.4, 0.5) is 4.39 Å². The van der Waals surface area contributed by atoms with E-state index in [4.69, 9.17) is 4.42 Å². The van der Waals surface area contributed by atoms with Crippen LogP contribution in [0.15, 0.2) is 65.1 Å². The SMILES string of the molecule is OCc1ccc(CN2CCc3c([nH]c4ccccc34)[C@@H]2c2ccc(F)cc2)o1. The Morgan fingerprint density at radius 1 is 1.04 bits per heavy atom. The number of furan rings is 1. The number of nitrogens with zero attached hydrogens (tertiary/aromatic N) is 1. The zero-order valence-electron chi connectivity index (χ0n) is 15.4. The molecule has 0 amide bonds. The standard InChI is InChI=1S/C23H21FN2O2/c24-16-7-5-15(6-8-16)23-22-20(19-3-1-2-4-21(19)25-22)11-12-26(23)13-17-9-10-18(14-27)28-17/h1-10,23,25,27H,11-14H2/t23-/m0/s1. The van der Waals surface area contributed by atoms with Gasteiger partial charge in [0.1, 0.15) is 23.9 Å². The van der Waals surface area contributed by atoms with Gasteiger partial charge in [0.25, 0.3) is 0 Å². The lowest BCUT2D eigenvalue weighted by Gasteiger charge is -2.35. The van der Waals surface area contributed by atoms with Crippen LogP contribution in [0, 0.1) is 5.82 Å². The molecule has 0 fully saturated rings. The highest BCUT2D eigenvalue weighted by molar-refractivity contribution is 5.85. The first-order chi connectivity index (χ1) is 13.7. The first-order valence-electron chi connectivity index (χ1n) is 9.50. The van der Waals surface area contributed by atoms with Crippen LogP contribution in [0.25, 0.3) is 10.9 Å². The van der Waals surface area contributed by atoms with Crippen molar-refractivity contribution in [2.45, 2.75) is 25.6 Å². The second-order valence-corrected chi connectivity index (χ2v) is 7.26. The van der Waals surface area contributed by atoms with E-state index < -0.39 is 0 Å². The molecule has 28 heavy (non-hydrogen) atoms. The number of H-pyrrole nitrogens is 1. The number of aromatic nitrogens is 1. The summed E-state index contributed by atoms with van der Waals surface area (Å²) in [5, 5.41) is 10.5. The number of fused-ring (bicyclic) bond motifs is 3. The lowest BCUT2D eigenvalue weighted by atomic mass is 9.92. The van der Waals surface area contributed by atoms with Crippen LogP contribution < -0.4 is 0 Å². The first kappa shape index (κ1) is 17.2. The monoisotopic (exact) mass is 376 g/mol. The highest BCUT2D eigenvalue weighted by atomic mass is 19.1. The minimum atomic E-state index is -0.235. The summed E-state index contributed by atoms with van der Waals surface area (Å²) in [6.45, 7) is 1.39. The van der Waals surface area contributed by atoms with Crippen molar-refractivity contribution in [2.24, 2.45) is 0 Å². The Bertz CT molecular complexity index is 1110. The predicted octanol–water partition coefficient (Wildman–Crippen LogP) is 4.54. The van der Waals surface area contributed by atoms with Crippen LogP contribution in [-0.2, 0) is 19.6 Å². The summed E-state index contributed by atoms with van der Waals surface area (Å²) in [7, 11) is 0. The molecule has 0 spiro atoms. The Morgan fingerprint density at radius 3 is 2.61 bits per heavy atom. The largest absolute Gasteiger partial charge is 0.462 e. The fraction of sp³-hybridized carbons (Fsp3) is 0.217.